The van der Waals surface area contributed by atoms with E-state index in [4.69, 9.17) is 56.8 Å². The molecule has 1 aliphatic carbocycles. The molecular formula is C41H48O12P2. The first-order chi connectivity index (χ1) is 26.8. The van der Waals surface area contributed by atoms with Gasteiger partial charge in [-0.05, 0) is 69.7 Å². The van der Waals surface area contributed by atoms with Gasteiger partial charge in [-0.25, -0.2) is 0 Å². The van der Waals surface area contributed by atoms with E-state index in [1.165, 1.54) is 0 Å². The molecule has 1 atom stereocenters. The number of allylic oxidation sites excluding steroid dienone is 4. The monoisotopic (exact) mass is 794 g/mol. The Labute approximate surface area is 325 Å². The fourth-order valence-electron chi connectivity index (χ4n) is 6.79. The maximum Gasteiger partial charge on any atom is 0.203 e. The molecule has 55 heavy (non-hydrogen) atoms. The van der Waals surface area contributed by atoms with Crippen LogP contribution in [0.5, 0.6) is 69.0 Å². The van der Waals surface area contributed by atoms with Gasteiger partial charge >= 0.3 is 0 Å². The van der Waals surface area contributed by atoms with Crippen molar-refractivity contribution in [3.63, 3.8) is 0 Å². The average molecular weight is 795 g/mol. The molecule has 0 N–H and O–H groups in total. The molecule has 294 valence electrons. The van der Waals surface area contributed by atoms with Crippen LogP contribution in [0.4, 0.5) is 0 Å². The molecule has 0 radical (unpaired) electrons. The molecule has 0 fully saturated rings. The molecule has 14 heteroatoms. The summed E-state index contributed by atoms with van der Waals surface area (Å²) in [7, 11) is 16.3. The molecule has 4 aromatic carbocycles. The van der Waals surface area contributed by atoms with Gasteiger partial charge in [0.2, 0.25) is 23.0 Å². The fourth-order valence-corrected chi connectivity index (χ4v) is 12.9. The highest BCUT2D eigenvalue weighted by atomic mass is 31.1. The fraction of sp³-hybridized carbons (Fsp3) is 0.317. The minimum Gasteiger partial charge on any atom is -0.493 e. The van der Waals surface area contributed by atoms with Gasteiger partial charge in [0.05, 0.1) is 85.3 Å². The van der Waals surface area contributed by atoms with E-state index in [1.807, 2.05) is 48.5 Å². The lowest BCUT2D eigenvalue weighted by Gasteiger charge is -2.34. The van der Waals surface area contributed by atoms with E-state index in [2.05, 4.69) is 18.2 Å². The molecule has 0 amide bonds. The van der Waals surface area contributed by atoms with Crippen molar-refractivity contribution in [3.05, 3.63) is 72.1 Å². The van der Waals surface area contributed by atoms with Crippen LogP contribution in [-0.2, 0) is 0 Å². The lowest BCUT2D eigenvalue weighted by Crippen LogP contribution is -2.27. The lowest BCUT2D eigenvalue weighted by atomic mass is 10.3. The van der Waals surface area contributed by atoms with Crippen molar-refractivity contribution in [2.45, 2.75) is 5.66 Å². The van der Waals surface area contributed by atoms with E-state index in [0.717, 1.165) is 26.5 Å². The molecule has 0 bridgehead atoms. The number of benzene rings is 4. The zero-order chi connectivity index (χ0) is 39.8. The smallest absolute Gasteiger partial charge is 0.203 e. The molecule has 0 aromatic heterocycles. The van der Waals surface area contributed by atoms with Gasteiger partial charge in [0, 0.05) is 26.9 Å². The van der Waals surface area contributed by atoms with Crippen molar-refractivity contribution in [3.8, 4) is 69.0 Å². The van der Waals surface area contributed by atoms with Crippen molar-refractivity contribution in [1.29, 1.82) is 0 Å². The summed E-state index contributed by atoms with van der Waals surface area (Å²) in [6.07, 6.45) is 6.42. The Bertz CT molecular complexity index is 1920. The Hall–Kier alpha value is -5.18. The summed E-state index contributed by atoms with van der Waals surface area (Å²) in [6.45, 7) is 0. The van der Waals surface area contributed by atoms with Gasteiger partial charge in [0.25, 0.3) is 0 Å². The van der Waals surface area contributed by atoms with E-state index in [9.17, 15) is 0 Å². The standard InChI is InChI=1S/C41H48O12P2/c1-42-24-16-20-30(38(50-9)34(24)46-5)54(31-21-17-25(43-2)35(47-6)39(31)51-10)28-14-13-15-29(28)55(32-22-18-26(44-3)36(48-7)40(32)52-11)33-23-19-27(45-4)37(49-8)41(33)53-12/h13-23,28H,1-12H3. The molecule has 1 unspecified atom stereocenters. The summed E-state index contributed by atoms with van der Waals surface area (Å²) in [4.78, 5) is 0. The SMILES string of the molecule is COc1ccc(P(C2=CC=CC2P(c2ccc(OC)c(OC)c2OC)c2ccc(OC)c(OC)c2OC)c2ccc(OC)c(OC)c2OC)c(OC)c1OC. The predicted octanol–water partition coefficient (Wildman–Crippen LogP) is 6.18. The van der Waals surface area contributed by atoms with Crippen LogP contribution in [-0.4, -0.2) is 91.0 Å². The van der Waals surface area contributed by atoms with Gasteiger partial charge in [0.1, 0.15) is 0 Å². The molecule has 4 aromatic rings. The van der Waals surface area contributed by atoms with Crippen molar-refractivity contribution < 1.29 is 56.8 Å². The highest BCUT2D eigenvalue weighted by Gasteiger charge is 2.41. The Balaban J connectivity index is 1.92. The minimum atomic E-state index is -1.51. The summed E-state index contributed by atoms with van der Waals surface area (Å²) in [5.74, 6) is 6.07. The van der Waals surface area contributed by atoms with Crippen molar-refractivity contribution in [1.82, 2.24) is 0 Å². The van der Waals surface area contributed by atoms with E-state index >= 15 is 0 Å². The normalized spacial score (nSPS) is 13.3. The number of methoxy groups -OCH3 is 12. The third kappa shape index (κ3) is 7.33. The maximum atomic E-state index is 6.17. The Morgan fingerprint density at radius 3 is 0.927 bits per heavy atom. The van der Waals surface area contributed by atoms with Crippen molar-refractivity contribution >= 4 is 37.1 Å². The number of rotatable bonds is 18. The first kappa shape index (κ1) is 41.0. The summed E-state index contributed by atoms with van der Waals surface area (Å²) < 4.78 is 71.2. The molecule has 12 nitrogen and oxygen atoms in total. The van der Waals surface area contributed by atoms with Crippen LogP contribution >= 0.6 is 15.8 Å². The van der Waals surface area contributed by atoms with E-state index in [0.29, 0.717) is 69.0 Å². The van der Waals surface area contributed by atoms with Crippen LogP contribution in [0.1, 0.15) is 0 Å². The Kier molecular flexibility index (Phi) is 13.7. The molecular weight excluding hydrogens is 746 g/mol. The van der Waals surface area contributed by atoms with Gasteiger partial charge in [0.15, 0.2) is 46.0 Å². The van der Waals surface area contributed by atoms with E-state index in [-0.39, 0.29) is 5.66 Å². The topological polar surface area (TPSA) is 111 Å². The largest absolute Gasteiger partial charge is 0.493 e. The molecule has 5 rings (SSSR count). The summed E-state index contributed by atoms with van der Waals surface area (Å²) in [6, 6.07) is 15.6. The molecule has 0 spiro atoms. The molecule has 1 aliphatic rings. The van der Waals surface area contributed by atoms with Crippen LogP contribution in [0, 0.1) is 0 Å². The zero-order valence-corrected chi connectivity index (χ0v) is 35.0. The van der Waals surface area contributed by atoms with Gasteiger partial charge in [-0.15, -0.1) is 0 Å². The Morgan fingerprint density at radius 2 is 0.636 bits per heavy atom. The van der Waals surface area contributed by atoms with Crippen LogP contribution in [0.15, 0.2) is 72.1 Å². The molecule has 0 saturated heterocycles. The molecule has 0 saturated carbocycles. The lowest BCUT2D eigenvalue weighted by molar-refractivity contribution is 0.325. The molecule has 0 heterocycles. The maximum absolute atomic E-state index is 6.17. The summed E-state index contributed by atoms with van der Waals surface area (Å²) in [5, 5.41) is 4.52. The predicted molar refractivity (Wildman–Crippen MR) is 218 cm³/mol. The molecule has 0 aliphatic heterocycles. The van der Waals surface area contributed by atoms with Gasteiger partial charge in [-0.1, -0.05) is 18.2 Å². The van der Waals surface area contributed by atoms with Crippen LogP contribution in [0.2, 0.25) is 0 Å². The second kappa shape index (κ2) is 18.4. The summed E-state index contributed by atoms with van der Waals surface area (Å²) >= 11 is 0. The summed E-state index contributed by atoms with van der Waals surface area (Å²) in [5.41, 5.74) is -0.268. The van der Waals surface area contributed by atoms with Crippen LogP contribution < -0.4 is 78.1 Å². The number of ether oxygens (including phenoxy) is 12. The number of hydrogen-bond donors (Lipinski definition) is 0. The highest BCUT2D eigenvalue weighted by Crippen LogP contribution is 2.63. The zero-order valence-electron chi connectivity index (χ0n) is 33.2. The second-order valence-electron chi connectivity index (χ2n) is 11.5. The quantitative estimate of drug-likeness (QED) is 0.107. The minimum absolute atomic E-state index is 0.268. The van der Waals surface area contributed by atoms with E-state index < -0.39 is 15.8 Å². The van der Waals surface area contributed by atoms with Gasteiger partial charge in [-0.2, -0.15) is 0 Å². The Morgan fingerprint density at radius 1 is 0.345 bits per heavy atom. The first-order valence-electron chi connectivity index (χ1n) is 16.9. The van der Waals surface area contributed by atoms with Gasteiger partial charge in [-0.3, -0.25) is 0 Å². The third-order valence-electron chi connectivity index (χ3n) is 9.13. The van der Waals surface area contributed by atoms with E-state index in [1.54, 1.807) is 85.3 Å². The highest BCUT2D eigenvalue weighted by molar-refractivity contribution is 7.80. The number of hydrogen-bond acceptors (Lipinski definition) is 12. The van der Waals surface area contributed by atoms with Crippen LogP contribution in [0.3, 0.4) is 0 Å². The first-order valence-corrected chi connectivity index (χ1v) is 19.7. The van der Waals surface area contributed by atoms with Crippen LogP contribution in [0.25, 0.3) is 0 Å². The van der Waals surface area contributed by atoms with Crippen molar-refractivity contribution in [2.75, 3.05) is 85.3 Å². The average Bonchev–Trinajstić information content (AvgIpc) is 3.70. The van der Waals surface area contributed by atoms with Crippen molar-refractivity contribution in [2.24, 2.45) is 0 Å². The van der Waals surface area contributed by atoms with Gasteiger partial charge < -0.3 is 56.8 Å². The second-order valence-corrected chi connectivity index (χ2v) is 16.0. The third-order valence-corrected chi connectivity index (χ3v) is 14.7.